The van der Waals surface area contributed by atoms with Gasteiger partial charge in [-0.05, 0) is 31.5 Å². The van der Waals surface area contributed by atoms with Crippen LogP contribution in [-0.2, 0) is 4.79 Å². The summed E-state index contributed by atoms with van der Waals surface area (Å²) >= 11 is 0. The molecule has 0 spiro atoms. The molecule has 1 aliphatic rings. The van der Waals surface area contributed by atoms with E-state index in [0.717, 1.165) is 17.0 Å². The molecule has 88 valence electrons. The molecule has 1 aliphatic heterocycles. The van der Waals surface area contributed by atoms with E-state index in [-0.39, 0.29) is 12.5 Å². The SMILES string of the molecule is CC.CCN1C(=O)COc2ccc(C)cc21. The van der Waals surface area contributed by atoms with Crippen molar-refractivity contribution in [2.45, 2.75) is 27.7 Å². The second-order valence-electron chi connectivity index (χ2n) is 3.40. The van der Waals surface area contributed by atoms with E-state index in [9.17, 15) is 4.79 Å². The van der Waals surface area contributed by atoms with Crippen LogP contribution in [0.5, 0.6) is 5.75 Å². The van der Waals surface area contributed by atoms with E-state index in [1.54, 1.807) is 4.90 Å². The minimum atomic E-state index is 0.0330. The number of aryl methyl sites for hydroxylation is 1. The molecule has 0 unspecified atom stereocenters. The first kappa shape index (κ1) is 12.6. The summed E-state index contributed by atoms with van der Waals surface area (Å²) in [6, 6.07) is 5.89. The monoisotopic (exact) mass is 221 g/mol. The summed E-state index contributed by atoms with van der Waals surface area (Å²) in [6.45, 7) is 8.82. The topological polar surface area (TPSA) is 29.5 Å². The molecular weight excluding hydrogens is 202 g/mol. The summed E-state index contributed by atoms with van der Waals surface area (Å²) in [5.74, 6) is 0.836. The third-order valence-corrected chi connectivity index (χ3v) is 2.37. The molecule has 0 saturated carbocycles. The quantitative estimate of drug-likeness (QED) is 0.729. The van der Waals surface area contributed by atoms with Gasteiger partial charge >= 0.3 is 0 Å². The highest BCUT2D eigenvalue weighted by Crippen LogP contribution is 2.32. The Morgan fingerprint density at radius 2 is 2.06 bits per heavy atom. The van der Waals surface area contributed by atoms with E-state index < -0.39 is 0 Å². The maximum Gasteiger partial charge on any atom is 0.265 e. The molecule has 3 heteroatoms. The molecule has 16 heavy (non-hydrogen) atoms. The van der Waals surface area contributed by atoms with Crippen LogP contribution in [0.2, 0.25) is 0 Å². The highest BCUT2D eigenvalue weighted by molar-refractivity contribution is 5.97. The van der Waals surface area contributed by atoms with Crippen LogP contribution >= 0.6 is 0 Å². The Bertz CT molecular complexity index is 374. The van der Waals surface area contributed by atoms with Crippen LogP contribution in [0.15, 0.2) is 18.2 Å². The van der Waals surface area contributed by atoms with E-state index in [4.69, 9.17) is 4.74 Å². The zero-order valence-corrected chi connectivity index (χ0v) is 10.4. The number of nitrogens with zero attached hydrogens (tertiary/aromatic N) is 1. The number of amides is 1. The molecule has 1 aromatic carbocycles. The molecule has 0 aliphatic carbocycles. The molecule has 1 heterocycles. The molecule has 0 atom stereocenters. The normalized spacial score (nSPS) is 13.5. The molecule has 0 aromatic heterocycles. The van der Waals surface area contributed by atoms with Crippen molar-refractivity contribution in [1.82, 2.24) is 0 Å². The summed E-state index contributed by atoms with van der Waals surface area (Å²) in [5, 5.41) is 0. The fraction of sp³-hybridized carbons (Fsp3) is 0.462. The van der Waals surface area contributed by atoms with Crippen LogP contribution in [0.3, 0.4) is 0 Å². The molecule has 3 nitrogen and oxygen atoms in total. The van der Waals surface area contributed by atoms with E-state index in [0.29, 0.717) is 6.54 Å². The van der Waals surface area contributed by atoms with E-state index in [2.05, 4.69) is 0 Å². The van der Waals surface area contributed by atoms with Crippen molar-refractivity contribution in [3.8, 4) is 5.75 Å². The second-order valence-corrected chi connectivity index (χ2v) is 3.40. The summed E-state index contributed by atoms with van der Waals surface area (Å²) in [7, 11) is 0. The first-order chi connectivity index (χ1) is 7.72. The van der Waals surface area contributed by atoms with Gasteiger partial charge in [0.25, 0.3) is 5.91 Å². The number of anilines is 1. The largest absolute Gasteiger partial charge is 0.482 e. The smallest absolute Gasteiger partial charge is 0.265 e. The van der Waals surface area contributed by atoms with Crippen LogP contribution in [0, 0.1) is 6.92 Å². The molecule has 2 rings (SSSR count). The van der Waals surface area contributed by atoms with Gasteiger partial charge in [0.05, 0.1) is 5.69 Å². The first-order valence-electron chi connectivity index (χ1n) is 5.76. The van der Waals surface area contributed by atoms with Crippen molar-refractivity contribution in [3.63, 3.8) is 0 Å². The summed E-state index contributed by atoms with van der Waals surface area (Å²) in [6.07, 6.45) is 0. The van der Waals surface area contributed by atoms with Gasteiger partial charge in [-0.2, -0.15) is 0 Å². The highest BCUT2D eigenvalue weighted by atomic mass is 16.5. The lowest BCUT2D eigenvalue weighted by Gasteiger charge is -2.28. The van der Waals surface area contributed by atoms with Gasteiger partial charge in [0.2, 0.25) is 0 Å². The third-order valence-electron chi connectivity index (χ3n) is 2.37. The molecule has 0 bridgehead atoms. The van der Waals surface area contributed by atoms with Gasteiger partial charge < -0.3 is 9.64 Å². The summed E-state index contributed by atoms with van der Waals surface area (Å²) in [5.41, 5.74) is 2.03. The van der Waals surface area contributed by atoms with Gasteiger partial charge in [0.15, 0.2) is 6.61 Å². The van der Waals surface area contributed by atoms with Crippen molar-refractivity contribution in [3.05, 3.63) is 23.8 Å². The summed E-state index contributed by atoms with van der Waals surface area (Å²) in [4.78, 5) is 13.3. The Morgan fingerprint density at radius 3 is 2.69 bits per heavy atom. The van der Waals surface area contributed by atoms with Gasteiger partial charge in [0, 0.05) is 6.54 Å². The first-order valence-corrected chi connectivity index (χ1v) is 5.76. The zero-order valence-electron chi connectivity index (χ0n) is 10.4. The number of carbonyl (C=O) groups is 1. The number of hydrogen-bond donors (Lipinski definition) is 0. The molecule has 0 radical (unpaired) electrons. The molecule has 0 N–H and O–H groups in total. The zero-order chi connectivity index (χ0) is 12.1. The van der Waals surface area contributed by atoms with Crippen LogP contribution in [0.4, 0.5) is 5.69 Å². The average Bonchev–Trinajstić information content (AvgIpc) is 2.31. The Balaban J connectivity index is 0.000000606. The third kappa shape index (κ3) is 2.35. The van der Waals surface area contributed by atoms with Gasteiger partial charge in [-0.25, -0.2) is 0 Å². The van der Waals surface area contributed by atoms with Crippen molar-refractivity contribution in [2.24, 2.45) is 0 Å². The number of benzene rings is 1. The number of likely N-dealkylation sites (N-methyl/N-ethyl adjacent to an activating group) is 1. The van der Waals surface area contributed by atoms with Crippen molar-refractivity contribution in [2.75, 3.05) is 18.1 Å². The molecular formula is C13H19NO2. The van der Waals surface area contributed by atoms with Crippen LogP contribution in [0.25, 0.3) is 0 Å². The van der Waals surface area contributed by atoms with Gasteiger partial charge in [0.1, 0.15) is 5.75 Å². The molecule has 1 amide bonds. The highest BCUT2D eigenvalue weighted by Gasteiger charge is 2.23. The van der Waals surface area contributed by atoms with Gasteiger partial charge in [-0.15, -0.1) is 0 Å². The lowest BCUT2D eigenvalue weighted by atomic mass is 10.1. The molecule has 1 aromatic rings. The van der Waals surface area contributed by atoms with Crippen LogP contribution in [-0.4, -0.2) is 19.1 Å². The van der Waals surface area contributed by atoms with Crippen LogP contribution < -0.4 is 9.64 Å². The van der Waals surface area contributed by atoms with Gasteiger partial charge in [-0.3, -0.25) is 4.79 Å². The Morgan fingerprint density at radius 1 is 1.38 bits per heavy atom. The fourth-order valence-corrected chi connectivity index (χ4v) is 1.66. The molecule has 0 fully saturated rings. The number of carbonyl (C=O) groups excluding carboxylic acids is 1. The number of hydrogen-bond acceptors (Lipinski definition) is 2. The Kier molecular flexibility index (Phi) is 4.35. The molecule has 0 saturated heterocycles. The predicted octanol–water partition coefficient (Wildman–Crippen LogP) is 2.77. The Hall–Kier alpha value is -1.51. The van der Waals surface area contributed by atoms with Crippen molar-refractivity contribution in [1.29, 1.82) is 0 Å². The van der Waals surface area contributed by atoms with E-state index in [1.165, 1.54) is 0 Å². The standard InChI is InChI=1S/C11H13NO2.C2H6/c1-3-12-9-6-8(2)4-5-10(9)14-7-11(12)13;1-2/h4-6H,3,7H2,1-2H3;1-2H3. The van der Waals surface area contributed by atoms with Crippen LogP contribution in [0.1, 0.15) is 26.3 Å². The maximum absolute atomic E-state index is 11.5. The fourth-order valence-electron chi connectivity index (χ4n) is 1.66. The number of rotatable bonds is 1. The van der Waals surface area contributed by atoms with Gasteiger partial charge in [-0.1, -0.05) is 19.9 Å². The minimum absolute atomic E-state index is 0.0330. The Labute approximate surface area is 97.0 Å². The lowest BCUT2D eigenvalue weighted by molar-refractivity contribution is -0.121. The van der Waals surface area contributed by atoms with Crippen molar-refractivity contribution < 1.29 is 9.53 Å². The maximum atomic E-state index is 11.5. The second kappa shape index (κ2) is 5.54. The van der Waals surface area contributed by atoms with E-state index in [1.807, 2.05) is 45.9 Å². The number of ether oxygens (including phenoxy) is 1. The van der Waals surface area contributed by atoms with E-state index >= 15 is 0 Å². The summed E-state index contributed by atoms with van der Waals surface area (Å²) < 4.78 is 5.33. The number of fused-ring (bicyclic) bond motifs is 1. The average molecular weight is 221 g/mol. The van der Waals surface area contributed by atoms with Crippen molar-refractivity contribution >= 4 is 11.6 Å². The minimum Gasteiger partial charge on any atom is -0.482 e. The predicted molar refractivity (Wildman–Crippen MR) is 66.0 cm³/mol. The lowest BCUT2D eigenvalue weighted by Crippen LogP contribution is -2.38.